The van der Waals surface area contributed by atoms with Crippen molar-refractivity contribution < 1.29 is 13.2 Å². The fourth-order valence-corrected chi connectivity index (χ4v) is 4.98. The van der Waals surface area contributed by atoms with Crippen molar-refractivity contribution in [3.05, 3.63) is 106 Å². The first-order valence-electron chi connectivity index (χ1n) is 10.3. The molecule has 3 heterocycles. The molecule has 0 atom stereocenters. The van der Waals surface area contributed by atoms with Crippen molar-refractivity contribution in [1.29, 1.82) is 0 Å². The van der Waals surface area contributed by atoms with Gasteiger partial charge in [0.2, 0.25) is 0 Å². The quantitative estimate of drug-likeness (QED) is 0.361. The van der Waals surface area contributed by atoms with Crippen LogP contribution in [0.25, 0.3) is 16.9 Å². The SMILES string of the molecule is O=C(N=c1ccn(-c2nc3ccccc3nc2NS(=O)(=O)c2ccc(Cl)cc2)cc1)c1cccs1. The molecule has 8 nitrogen and oxygen atoms in total. The molecule has 0 spiro atoms. The number of carbonyl (C=O) groups excluding carboxylic acids is 1. The second kappa shape index (κ2) is 9.41. The molecular formula is C24H16ClN5O3S2. The number of pyridine rings is 1. The number of aromatic nitrogens is 3. The van der Waals surface area contributed by atoms with E-state index in [1.165, 1.54) is 35.6 Å². The van der Waals surface area contributed by atoms with Crippen LogP contribution in [0.3, 0.4) is 0 Å². The van der Waals surface area contributed by atoms with Gasteiger partial charge in [-0.15, -0.1) is 11.3 Å². The zero-order valence-electron chi connectivity index (χ0n) is 17.9. The normalized spacial score (nSPS) is 11.3. The average Bonchev–Trinajstić information content (AvgIpc) is 3.40. The van der Waals surface area contributed by atoms with Gasteiger partial charge in [0, 0.05) is 17.4 Å². The molecule has 0 aliphatic rings. The smallest absolute Gasteiger partial charge is 0.287 e. The predicted octanol–water partition coefficient (Wildman–Crippen LogP) is 4.68. The number of benzene rings is 2. The largest absolute Gasteiger partial charge is 0.305 e. The maximum Gasteiger partial charge on any atom is 0.287 e. The summed E-state index contributed by atoms with van der Waals surface area (Å²) in [5.74, 6) is -0.0277. The van der Waals surface area contributed by atoms with Crippen LogP contribution in [0.5, 0.6) is 0 Å². The number of rotatable bonds is 5. The number of para-hydroxylation sites is 2. The van der Waals surface area contributed by atoms with Crippen LogP contribution >= 0.6 is 22.9 Å². The molecule has 3 aromatic heterocycles. The Kier molecular flexibility index (Phi) is 6.16. The summed E-state index contributed by atoms with van der Waals surface area (Å²) >= 11 is 7.21. The van der Waals surface area contributed by atoms with Crippen LogP contribution in [0.15, 0.2) is 100 Å². The highest BCUT2D eigenvalue weighted by Gasteiger charge is 2.19. The Labute approximate surface area is 209 Å². The third kappa shape index (κ3) is 4.99. The molecule has 0 unspecified atom stereocenters. The highest BCUT2D eigenvalue weighted by Crippen LogP contribution is 2.24. The Balaban J connectivity index is 1.56. The molecule has 0 fully saturated rings. The monoisotopic (exact) mass is 521 g/mol. The summed E-state index contributed by atoms with van der Waals surface area (Å²) in [5, 5.41) is 2.69. The number of nitrogens with one attached hydrogen (secondary N) is 1. The molecule has 0 aliphatic carbocycles. The average molecular weight is 522 g/mol. The molecule has 5 rings (SSSR count). The zero-order chi connectivity index (χ0) is 24.4. The summed E-state index contributed by atoms with van der Waals surface area (Å²) in [7, 11) is -3.96. The summed E-state index contributed by atoms with van der Waals surface area (Å²) in [6, 6.07) is 19.7. The van der Waals surface area contributed by atoms with Crippen molar-refractivity contribution in [2.45, 2.75) is 4.90 Å². The molecule has 0 saturated carbocycles. The first kappa shape index (κ1) is 22.9. The number of carbonyl (C=O) groups is 1. The maximum atomic E-state index is 13.0. The second-order valence-corrected chi connectivity index (χ2v) is 10.4. The van der Waals surface area contributed by atoms with E-state index < -0.39 is 10.0 Å². The van der Waals surface area contributed by atoms with Crippen LogP contribution in [0.1, 0.15) is 9.67 Å². The van der Waals surface area contributed by atoms with E-state index in [0.29, 0.717) is 26.3 Å². The lowest BCUT2D eigenvalue weighted by Gasteiger charge is -2.14. The topological polar surface area (TPSA) is 106 Å². The molecule has 0 saturated heterocycles. The van der Waals surface area contributed by atoms with Gasteiger partial charge < -0.3 is 4.57 Å². The molecule has 35 heavy (non-hydrogen) atoms. The van der Waals surface area contributed by atoms with E-state index in [2.05, 4.69) is 19.7 Å². The lowest BCUT2D eigenvalue weighted by molar-refractivity contribution is 0.100. The van der Waals surface area contributed by atoms with E-state index in [1.807, 2.05) is 11.4 Å². The van der Waals surface area contributed by atoms with E-state index in [1.54, 1.807) is 59.4 Å². The van der Waals surface area contributed by atoms with Gasteiger partial charge in [0.15, 0.2) is 11.6 Å². The Hall–Kier alpha value is -3.86. The van der Waals surface area contributed by atoms with Gasteiger partial charge in [0.05, 0.1) is 26.2 Å². The maximum absolute atomic E-state index is 13.0. The van der Waals surface area contributed by atoms with E-state index in [9.17, 15) is 13.2 Å². The molecule has 11 heteroatoms. The molecule has 1 N–H and O–H groups in total. The third-order valence-electron chi connectivity index (χ3n) is 4.93. The standard InChI is InChI=1S/C24H16ClN5O3S2/c25-16-7-9-18(10-8-16)35(32,33)29-22-23(28-20-5-2-1-4-19(20)27-22)30-13-11-17(12-14-30)26-24(31)21-6-3-15-34-21/h1-15H,(H,27,29). The highest BCUT2D eigenvalue weighted by molar-refractivity contribution is 7.92. The van der Waals surface area contributed by atoms with Crippen molar-refractivity contribution in [2.24, 2.45) is 4.99 Å². The number of nitrogens with zero attached hydrogens (tertiary/aromatic N) is 4. The molecular weight excluding hydrogens is 506 g/mol. The van der Waals surface area contributed by atoms with E-state index in [-0.39, 0.29) is 22.4 Å². The number of halogens is 1. The van der Waals surface area contributed by atoms with Crippen LogP contribution in [-0.2, 0) is 10.0 Å². The van der Waals surface area contributed by atoms with Gasteiger partial charge in [-0.05, 0) is 60.0 Å². The lowest BCUT2D eigenvalue weighted by atomic mass is 10.3. The molecule has 0 radical (unpaired) electrons. The Bertz CT molecular complexity index is 1690. The highest BCUT2D eigenvalue weighted by atomic mass is 35.5. The van der Waals surface area contributed by atoms with Crippen LogP contribution in [-0.4, -0.2) is 28.9 Å². The minimum absolute atomic E-state index is 0.0362. The number of hydrogen-bond donors (Lipinski definition) is 1. The van der Waals surface area contributed by atoms with Crippen LogP contribution in [0.4, 0.5) is 5.82 Å². The fraction of sp³-hybridized carbons (Fsp3) is 0. The van der Waals surface area contributed by atoms with E-state index >= 15 is 0 Å². The summed E-state index contributed by atoms with van der Waals surface area (Å²) in [5.41, 5.74) is 1.12. The van der Waals surface area contributed by atoms with Gasteiger partial charge in [-0.1, -0.05) is 29.8 Å². The summed E-state index contributed by atoms with van der Waals surface area (Å²) in [6.45, 7) is 0. The van der Waals surface area contributed by atoms with Gasteiger partial charge in [0.25, 0.3) is 15.9 Å². The lowest BCUT2D eigenvalue weighted by Crippen LogP contribution is -2.17. The van der Waals surface area contributed by atoms with Crippen LogP contribution in [0, 0.1) is 0 Å². The van der Waals surface area contributed by atoms with Crippen LogP contribution in [0.2, 0.25) is 5.02 Å². The Morgan fingerprint density at radius 3 is 2.26 bits per heavy atom. The van der Waals surface area contributed by atoms with Crippen molar-refractivity contribution in [2.75, 3.05) is 4.72 Å². The molecule has 1 amide bonds. The van der Waals surface area contributed by atoms with Crippen LogP contribution < -0.4 is 10.1 Å². The van der Waals surface area contributed by atoms with Gasteiger partial charge in [-0.2, -0.15) is 0 Å². The molecule has 0 bridgehead atoms. The van der Waals surface area contributed by atoms with Crippen molar-refractivity contribution in [1.82, 2.24) is 14.5 Å². The van der Waals surface area contributed by atoms with Crippen molar-refractivity contribution >= 4 is 55.7 Å². The Morgan fingerprint density at radius 2 is 1.60 bits per heavy atom. The molecule has 174 valence electrons. The van der Waals surface area contributed by atoms with Gasteiger partial charge in [-0.25, -0.2) is 23.4 Å². The van der Waals surface area contributed by atoms with Crippen molar-refractivity contribution in [3.8, 4) is 5.82 Å². The summed E-state index contributed by atoms with van der Waals surface area (Å²) < 4.78 is 30.2. The second-order valence-electron chi connectivity index (χ2n) is 7.30. The predicted molar refractivity (Wildman–Crippen MR) is 135 cm³/mol. The number of fused-ring (bicyclic) bond motifs is 1. The number of hydrogen-bond acceptors (Lipinski definition) is 6. The van der Waals surface area contributed by atoms with Crippen molar-refractivity contribution in [3.63, 3.8) is 0 Å². The van der Waals surface area contributed by atoms with Gasteiger partial charge in [-0.3, -0.25) is 9.52 Å². The fourth-order valence-electron chi connectivity index (χ4n) is 3.25. The minimum atomic E-state index is -3.96. The summed E-state index contributed by atoms with van der Waals surface area (Å²) in [4.78, 5) is 26.1. The number of anilines is 1. The number of sulfonamides is 1. The number of amides is 1. The molecule has 0 aliphatic heterocycles. The molecule has 5 aromatic rings. The summed E-state index contributed by atoms with van der Waals surface area (Å²) in [6.07, 6.45) is 3.28. The van der Waals surface area contributed by atoms with E-state index in [4.69, 9.17) is 11.6 Å². The first-order valence-corrected chi connectivity index (χ1v) is 13.0. The van der Waals surface area contributed by atoms with E-state index in [0.717, 1.165) is 0 Å². The van der Waals surface area contributed by atoms with Gasteiger partial charge >= 0.3 is 0 Å². The molecule has 2 aromatic carbocycles. The zero-order valence-corrected chi connectivity index (χ0v) is 20.3. The third-order valence-corrected chi connectivity index (χ3v) is 7.39. The Morgan fingerprint density at radius 1 is 0.914 bits per heavy atom. The van der Waals surface area contributed by atoms with Gasteiger partial charge in [0.1, 0.15) is 0 Å². The minimum Gasteiger partial charge on any atom is -0.305 e. The first-order chi connectivity index (χ1) is 16.9. The number of thiophene rings is 1.